The van der Waals surface area contributed by atoms with Crippen molar-refractivity contribution in [1.29, 1.82) is 0 Å². The summed E-state index contributed by atoms with van der Waals surface area (Å²) < 4.78 is 0. The number of rotatable bonds is 6. The summed E-state index contributed by atoms with van der Waals surface area (Å²) in [5.41, 5.74) is 0.482. The van der Waals surface area contributed by atoms with E-state index in [0.29, 0.717) is 12.0 Å². The number of phenolic OH excluding ortho intramolecular Hbond substituents is 2. The van der Waals surface area contributed by atoms with E-state index in [1.54, 1.807) is 0 Å². The Morgan fingerprint density at radius 3 is 1.84 bits per heavy atom. The third-order valence-corrected chi connectivity index (χ3v) is 3.16. The van der Waals surface area contributed by atoms with Crippen LogP contribution in [-0.4, -0.2) is 21.8 Å². The Bertz CT molecular complexity index is 465. The number of ketones is 2. The van der Waals surface area contributed by atoms with Gasteiger partial charge >= 0.3 is 0 Å². The van der Waals surface area contributed by atoms with E-state index in [1.807, 2.05) is 6.92 Å². The Labute approximate surface area is 113 Å². The van der Waals surface area contributed by atoms with E-state index in [4.69, 9.17) is 0 Å². The van der Waals surface area contributed by atoms with Crippen LogP contribution in [0.2, 0.25) is 0 Å². The lowest BCUT2D eigenvalue weighted by Gasteiger charge is -2.13. The van der Waals surface area contributed by atoms with Crippen LogP contribution in [0.15, 0.2) is 6.07 Å². The number of carbonyl (C=O) groups excluding carboxylic acids is 2. The Hall–Kier alpha value is -1.84. The van der Waals surface area contributed by atoms with Gasteiger partial charge in [-0.3, -0.25) is 9.59 Å². The Morgan fingerprint density at radius 1 is 1.00 bits per heavy atom. The van der Waals surface area contributed by atoms with Gasteiger partial charge in [0.2, 0.25) is 0 Å². The largest absolute Gasteiger partial charge is 0.507 e. The molecule has 4 nitrogen and oxygen atoms in total. The van der Waals surface area contributed by atoms with Gasteiger partial charge < -0.3 is 10.2 Å². The van der Waals surface area contributed by atoms with Crippen LogP contribution in [-0.2, 0) is 6.42 Å². The molecule has 0 aliphatic rings. The van der Waals surface area contributed by atoms with Crippen LogP contribution in [0.25, 0.3) is 0 Å². The van der Waals surface area contributed by atoms with E-state index in [9.17, 15) is 19.8 Å². The Balaban J connectivity index is 3.33. The smallest absolute Gasteiger partial charge is 0.163 e. The predicted molar refractivity (Wildman–Crippen MR) is 73.0 cm³/mol. The van der Waals surface area contributed by atoms with E-state index < -0.39 is 0 Å². The van der Waals surface area contributed by atoms with Crippen LogP contribution in [0.5, 0.6) is 11.5 Å². The van der Waals surface area contributed by atoms with Crippen LogP contribution < -0.4 is 0 Å². The molecule has 1 rings (SSSR count). The van der Waals surface area contributed by atoms with Crippen LogP contribution in [0.4, 0.5) is 0 Å². The molecule has 4 heteroatoms. The fraction of sp³-hybridized carbons (Fsp3) is 0.467. The molecule has 0 aromatic heterocycles. The molecule has 0 heterocycles. The minimum atomic E-state index is -0.322. The van der Waals surface area contributed by atoms with Crippen molar-refractivity contribution in [3.8, 4) is 11.5 Å². The zero-order valence-corrected chi connectivity index (χ0v) is 11.6. The highest BCUT2D eigenvalue weighted by Gasteiger charge is 2.21. The number of benzene rings is 1. The average Bonchev–Trinajstić information content (AvgIpc) is 2.32. The second kappa shape index (κ2) is 6.36. The first-order valence-corrected chi connectivity index (χ1v) is 6.49. The van der Waals surface area contributed by atoms with Crippen molar-refractivity contribution in [2.24, 2.45) is 0 Å². The molecule has 0 atom stereocenters. The molecule has 0 aliphatic carbocycles. The average molecular weight is 264 g/mol. The molecule has 104 valence electrons. The standard InChI is InChI=1S/C15H20O4/c1-4-5-6-7-11-14(18)12(9(2)16)8-13(10(3)17)15(11)19/h8,18-19H,4-7H2,1-3H3. The van der Waals surface area contributed by atoms with E-state index in [-0.39, 0.29) is 34.2 Å². The SMILES string of the molecule is CCCCCc1c(O)c(C(C)=O)cc(C(C)=O)c1O. The highest BCUT2D eigenvalue weighted by atomic mass is 16.3. The van der Waals surface area contributed by atoms with Crippen molar-refractivity contribution in [3.63, 3.8) is 0 Å². The van der Waals surface area contributed by atoms with E-state index in [1.165, 1.54) is 19.9 Å². The molecular weight excluding hydrogens is 244 g/mol. The molecule has 1 aromatic carbocycles. The quantitative estimate of drug-likeness (QED) is 0.611. The van der Waals surface area contributed by atoms with Crippen molar-refractivity contribution >= 4 is 11.6 Å². The molecule has 1 aromatic rings. The van der Waals surface area contributed by atoms with Gasteiger partial charge in [0, 0.05) is 5.56 Å². The summed E-state index contributed by atoms with van der Waals surface area (Å²) in [6, 6.07) is 1.26. The molecule has 0 bridgehead atoms. The first-order valence-electron chi connectivity index (χ1n) is 6.49. The predicted octanol–water partition coefficient (Wildman–Crippen LogP) is 3.24. The normalized spacial score (nSPS) is 10.5. The van der Waals surface area contributed by atoms with Gasteiger partial charge in [0.1, 0.15) is 11.5 Å². The second-order valence-electron chi connectivity index (χ2n) is 4.72. The zero-order chi connectivity index (χ0) is 14.6. The summed E-state index contributed by atoms with van der Waals surface area (Å²) >= 11 is 0. The highest BCUT2D eigenvalue weighted by molar-refractivity contribution is 6.03. The van der Waals surface area contributed by atoms with Gasteiger partial charge in [-0.1, -0.05) is 19.8 Å². The first-order chi connectivity index (χ1) is 8.90. The summed E-state index contributed by atoms with van der Waals surface area (Å²) in [6.45, 7) is 4.70. The number of unbranched alkanes of at least 4 members (excludes halogenated alkanes) is 2. The fourth-order valence-corrected chi connectivity index (χ4v) is 2.04. The molecule has 0 radical (unpaired) electrons. The molecule has 2 N–H and O–H groups in total. The molecule has 0 unspecified atom stereocenters. The molecule has 0 aliphatic heterocycles. The third-order valence-electron chi connectivity index (χ3n) is 3.16. The summed E-state index contributed by atoms with van der Waals surface area (Å²) in [5.74, 6) is -1.05. The number of hydrogen-bond acceptors (Lipinski definition) is 4. The van der Waals surface area contributed by atoms with Gasteiger partial charge in [-0.25, -0.2) is 0 Å². The maximum absolute atomic E-state index is 11.5. The maximum Gasteiger partial charge on any atom is 0.163 e. The van der Waals surface area contributed by atoms with Crippen molar-refractivity contribution in [3.05, 3.63) is 22.8 Å². The first kappa shape index (κ1) is 15.2. The Kier molecular flexibility index (Phi) is 5.10. The molecule has 0 spiro atoms. The van der Waals surface area contributed by atoms with Crippen molar-refractivity contribution in [2.45, 2.75) is 46.5 Å². The zero-order valence-electron chi connectivity index (χ0n) is 11.6. The lowest BCUT2D eigenvalue weighted by atomic mass is 9.95. The van der Waals surface area contributed by atoms with Gasteiger partial charge in [-0.15, -0.1) is 0 Å². The number of hydrogen-bond donors (Lipinski definition) is 2. The van der Waals surface area contributed by atoms with Gasteiger partial charge in [0.25, 0.3) is 0 Å². The number of phenols is 2. The van der Waals surface area contributed by atoms with Gasteiger partial charge in [0.05, 0.1) is 11.1 Å². The minimum Gasteiger partial charge on any atom is -0.507 e. The van der Waals surface area contributed by atoms with Crippen LogP contribution in [0.3, 0.4) is 0 Å². The summed E-state index contributed by atoms with van der Waals surface area (Å²) in [7, 11) is 0. The molecular formula is C15H20O4. The summed E-state index contributed by atoms with van der Waals surface area (Å²) in [4.78, 5) is 23.0. The maximum atomic E-state index is 11.5. The number of aromatic hydroxyl groups is 2. The number of carbonyl (C=O) groups is 2. The lowest BCUT2D eigenvalue weighted by molar-refractivity contribution is 0.101. The summed E-state index contributed by atoms with van der Waals surface area (Å²) in [5, 5.41) is 20.1. The second-order valence-corrected chi connectivity index (χ2v) is 4.72. The van der Waals surface area contributed by atoms with Gasteiger partial charge in [-0.2, -0.15) is 0 Å². The van der Waals surface area contributed by atoms with Crippen molar-refractivity contribution in [2.75, 3.05) is 0 Å². The molecule has 0 saturated heterocycles. The van der Waals surface area contributed by atoms with Crippen LogP contribution >= 0.6 is 0 Å². The van der Waals surface area contributed by atoms with E-state index >= 15 is 0 Å². The topological polar surface area (TPSA) is 74.6 Å². The molecule has 0 saturated carbocycles. The molecule has 0 amide bonds. The highest BCUT2D eigenvalue weighted by Crippen LogP contribution is 2.36. The Morgan fingerprint density at radius 2 is 1.47 bits per heavy atom. The summed E-state index contributed by atoms with van der Waals surface area (Å²) in [6.07, 6.45) is 3.20. The lowest BCUT2D eigenvalue weighted by Crippen LogP contribution is -2.03. The van der Waals surface area contributed by atoms with Crippen LogP contribution in [0, 0.1) is 0 Å². The minimum absolute atomic E-state index is 0.0921. The number of Topliss-reactive ketones (excluding diaryl/α,β-unsaturated/α-hetero) is 2. The van der Waals surface area contributed by atoms with E-state index in [2.05, 4.69) is 0 Å². The monoisotopic (exact) mass is 264 g/mol. The van der Waals surface area contributed by atoms with Crippen LogP contribution in [0.1, 0.15) is 66.3 Å². The molecule has 0 fully saturated rings. The van der Waals surface area contributed by atoms with Crippen molar-refractivity contribution < 1.29 is 19.8 Å². The third kappa shape index (κ3) is 3.34. The van der Waals surface area contributed by atoms with Gasteiger partial charge in [-0.05, 0) is 32.8 Å². The van der Waals surface area contributed by atoms with Gasteiger partial charge in [0.15, 0.2) is 11.6 Å². The van der Waals surface area contributed by atoms with E-state index in [0.717, 1.165) is 19.3 Å². The van der Waals surface area contributed by atoms with Crippen molar-refractivity contribution in [1.82, 2.24) is 0 Å². The fourth-order valence-electron chi connectivity index (χ4n) is 2.04. The molecule has 19 heavy (non-hydrogen) atoms.